The Balaban J connectivity index is 1.96. The molecule has 3 heteroatoms. The van der Waals surface area contributed by atoms with Gasteiger partial charge in [0, 0.05) is 24.3 Å². The summed E-state index contributed by atoms with van der Waals surface area (Å²) in [5.41, 5.74) is 4.73. The van der Waals surface area contributed by atoms with Gasteiger partial charge in [-0.15, -0.1) is 0 Å². The molecule has 0 aliphatic carbocycles. The summed E-state index contributed by atoms with van der Waals surface area (Å²) in [5.74, 6) is 0. The highest BCUT2D eigenvalue weighted by molar-refractivity contribution is 6.31. The van der Waals surface area contributed by atoms with Crippen molar-refractivity contribution in [1.82, 2.24) is 10.3 Å². The molecule has 0 unspecified atom stereocenters. The minimum absolute atomic E-state index is 0.763. The van der Waals surface area contributed by atoms with Crippen molar-refractivity contribution in [2.45, 2.75) is 33.4 Å². The molecule has 2 nitrogen and oxygen atoms in total. The van der Waals surface area contributed by atoms with Gasteiger partial charge in [0.25, 0.3) is 0 Å². The molecule has 0 aliphatic heterocycles. The number of aromatic nitrogens is 1. The lowest BCUT2D eigenvalue weighted by molar-refractivity contribution is 0.673. The molecule has 0 bridgehead atoms. The Morgan fingerprint density at radius 1 is 1.16 bits per heavy atom. The van der Waals surface area contributed by atoms with E-state index in [1.54, 1.807) is 0 Å². The van der Waals surface area contributed by atoms with E-state index < -0.39 is 0 Å². The van der Waals surface area contributed by atoms with E-state index in [1.165, 1.54) is 11.1 Å². The first-order valence-electron chi connectivity index (χ1n) is 6.59. The Bertz CT molecular complexity index is 552. The van der Waals surface area contributed by atoms with Gasteiger partial charge in [0.2, 0.25) is 0 Å². The number of rotatable bonds is 5. The number of nitrogens with one attached hydrogen (secondary N) is 1. The first-order valence-corrected chi connectivity index (χ1v) is 6.97. The predicted octanol–water partition coefficient (Wildman–Crippen LogP) is 3.90. The van der Waals surface area contributed by atoms with Gasteiger partial charge in [-0.2, -0.15) is 0 Å². The summed E-state index contributed by atoms with van der Waals surface area (Å²) in [4.78, 5) is 4.42. The smallest absolute Gasteiger partial charge is 0.0573 e. The molecule has 0 amide bonds. The first-order chi connectivity index (χ1) is 9.20. The third-order valence-corrected chi connectivity index (χ3v) is 3.53. The molecule has 2 aromatic rings. The summed E-state index contributed by atoms with van der Waals surface area (Å²) in [6.45, 7) is 5.73. The van der Waals surface area contributed by atoms with Crippen LogP contribution in [-0.2, 0) is 19.5 Å². The summed E-state index contributed by atoms with van der Waals surface area (Å²) in [6, 6.07) is 10.3. The fraction of sp³-hybridized carbons (Fsp3) is 0.312. The second-order valence-electron chi connectivity index (χ2n) is 4.66. The van der Waals surface area contributed by atoms with Crippen LogP contribution in [0.5, 0.6) is 0 Å². The predicted molar refractivity (Wildman–Crippen MR) is 80.3 cm³/mol. The maximum Gasteiger partial charge on any atom is 0.0573 e. The number of pyridine rings is 1. The summed E-state index contributed by atoms with van der Waals surface area (Å²) in [7, 11) is 0. The molecule has 19 heavy (non-hydrogen) atoms. The second-order valence-corrected chi connectivity index (χ2v) is 5.07. The van der Waals surface area contributed by atoms with Gasteiger partial charge in [-0.1, -0.05) is 36.7 Å². The van der Waals surface area contributed by atoms with Crippen molar-refractivity contribution in [3.8, 4) is 0 Å². The Hall–Kier alpha value is -1.38. The third kappa shape index (κ3) is 3.79. The first kappa shape index (κ1) is 14.0. The minimum atomic E-state index is 0.763. The molecule has 100 valence electrons. The maximum atomic E-state index is 6.21. The van der Waals surface area contributed by atoms with Crippen molar-refractivity contribution in [3.05, 3.63) is 63.9 Å². The van der Waals surface area contributed by atoms with Crippen molar-refractivity contribution in [2.24, 2.45) is 0 Å². The quantitative estimate of drug-likeness (QED) is 0.895. The van der Waals surface area contributed by atoms with Crippen molar-refractivity contribution in [3.63, 3.8) is 0 Å². The molecule has 0 fully saturated rings. The zero-order valence-corrected chi connectivity index (χ0v) is 12.2. The van der Waals surface area contributed by atoms with Crippen LogP contribution in [0.1, 0.15) is 29.3 Å². The van der Waals surface area contributed by atoms with Crippen LogP contribution >= 0.6 is 11.6 Å². The number of benzene rings is 1. The highest BCUT2D eigenvalue weighted by Gasteiger charge is 2.03. The van der Waals surface area contributed by atoms with Gasteiger partial charge in [0.15, 0.2) is 0 Å². The van der Waals surface area contributed by atoms with Crippen LogP contribution in [0.3, 0.4) is 0 Å². The number of hydrogen-bond donors (Lipinski definition) is 1. The molecule has 0 spiro atoms. The lowest BCUT2D eigenvalue weighted by atomic mass is 10.1. The molecular weight excluding hydrogens is 256 g/mol. The van der Waals surface area contributed by atoms with Crippen LogP contribution in [0.4, 0.5) is 0 Å². The summed E-state index contributed by atoms with van der Waals surface area (Å²) >= 11 is 6.21. The van der Waals surface area contributed by atoms with E-state index >= 15 is 0 Å². The molecule has 1 aromatic carbocycles. The van der Waals surface area contributed by atoms with Crippen LogP contribution in [-0.4, -0.2) is 4.98 Å². The Labute approximate surface area is 119 Å². The van der Waals surface area contributed by atoms with Crippen molar-refractivity contribution in [1.29, 1.82) is 0 Å². The van der Waals surface area contributed by atoms with Crippen LogP contribution in [0.15, 0.2) is 36.5 Å². The molecule has 1 heterocycles. The van der Waals surface area contributed by atoms with Crippen molar-refractivity contribution >= 4 is 11.6 Å². The zero-order valence-electron chi connectivity index (χ0n) is 11.4. The average molecular weight is 275 g/mol. The van der Waals surface area contributed by atoms with Gasteiger partial charge in [-0.25, -0.2) is 0 Å². The van der Waals surface area contributed by atoms with Crippen LogP contribution in [0.25, 0.3) is 0 Å². The molecule has 1 aromatic heterocycles. The zero-order chi connectivity index (χ0) is 13.7. The molecule has 0 radical (unpaired) electrons. The summed E-state index contributed by atoms with van der Waals surface area (Å²) < 4.78 is 0. The lowest BCUT2D eigenvalue weighted by Crippen LogP contribution is -2.15. The number of halogens is 1. The lowest BCUT2D eigenvalue weighted by Gasteiger charge is -2.09. The maximum absolute atomic E-state index is 6.21. The Kier molecular flexibility index (Phi) is 4.94. The normalized spacial score (nSPS) is 10.7. The summed E-state index contributed by atoms with van der Waals surface area (Å²) in [6.07, 6.45) is 2.85. The largest absolute Gasteiger partial charge is 0.307 e. The van der Waals surface area contributed by atoms with Crippen LogP contribution in [0, 0.1) is 6.92 Å². The van der Waals surface area contributed by atoms with Crippen LogP contribution in [0.2, 0.25) is 5.02 Å². The van der Waals surface area contributed by atoms with E-state index in [-0.39, 0.29) is 0 Å². The van der Waals surface area contributed by atoms with Gasteiger partial charge >= 0.3 is 0 Å². The third-order valence-electron chi connectivity index (χ3n) is 3.18. The Morgan fingerprint density at radius 3 is 2.74 bits per heavy atom. The molecule has 0 aliphatic rings. The molecule has 0 atom stereocenters. The highest BCUT2D eigenvalue weighted by atomic mass is 35.5. The molecular formula is C16H19ClN2. The van der Waals surface area contributed by atoms with Gasteiger partial charge < -0.3 is 5.32 Å². The highest BCUT2D eigenvalue weighted by Crippen LogP contribution is 2.17. The topological polar surface area (TPSA) is 24.9 Å². The van der Waals surface area contributed by atoms with E-state index in [0.717, 1.165) is 35.8 Å². The molecule has 2 rings (SSSR count). The fourth-order valence-corrected chi connectivity index (χ4v) is 2.37. The number of hydrogen-bond acceptors (Lipinski definition) is 2. The van der Waals surface area contributed by atoms with Gasteiger partial charge in [-0.05, 0) is 42.2 Å². The number of aryl methyl sites for hydroxylation is 2. The Morgan fingerprint density at radius 2 is 2.00 bits per heavy atom. The summed E-state index contributed by atoms with van der Waals surface area (Å²) in [5, 5.41) is 4.23. The standard InChI is InChI=1S/C16H19ClN2/c1-3-13-5-4-8-19-16(13)11-18-10-14-7-6-12(2)9-15(14)17/h4-9,18H,3,10-11H2,1-2H3. The molecule has 0 saturated carbocycles. The van der Waals surface area contributed by atoms with E-state index in [4.69, 9.17) is 11.6 Å². The van der Waals surface area contributed by atoms with Gasteiger partial charge in [0.1, 0.15) is 0 Å². The van der Waals surface area contributed by atoms with Crippen LogP contribution < -0.4 is 5.32 Å². The number of nitrogens with zero attached hydrogens (tertiary/aromatic N) is 1. The van der Waals surface area contributed by atoms with Gasteiger partial charge in [0.05, 0.1) is 5.69 Å². The SMILES string of the molecule is CCc1cccnc1CNCc1ccc(C)cc1Cl. The fourth-order valence-electron chi connectivity index (χ4n) is 2.06. The molecule has 1 N–H and O–H groups in total. The van der Waals surface area contributed by atoms with Gasteiger partial charge in [-0.3, -0.25) is 4.98 Å². The monoisotopic (exact) mass is 274 g/mol. The average Bonchev–Trinajstić information content (AvgIpc) is 2.42. The van der Waals surface area contributed by atoms with Crippen molar-refractivity contribution < 1.29 is 0 Å². The molecule has 0 saturated heterocycles. The second kappa shape index (κ2) is 6.69. The van der Waals surface area contributed by atoms with E-state index in [1.807, 2.05) is 25.3 Å². The van der Waals surface area contributed by atoms with E-state index in [2.05, 4.69) is 35.4 Å². The van der Waals surface area contributed by atoms with E-state index in [9.17, 15) is 0 Å². The van der Waals surface area contributed by atoms with Crippen molar-refractivity contribution in [2.75, 3.05) is 0 Å². The minimum Gasteiger partial charge on any atom is -0.307 e. The van der Waals surface area contributed by atoms with E-state index in [0.29, 0.717) is 0 Å².